The number of amides is 2. The van der Waals surface area contributed by atoms with Crippen LogP contribution >= 0.6 is 0 Å². The lowest BCUT2D eigenvalue weighted by Gasteiger charge is -2.30. The lowest BCUT2D eigenvalue weighted by atomic mass is 9.97. The maximum Gasteiger partial charge on any atom is 0.319 e. The number of nitrogens with zero attached hydrogens (tertiary/aromatic N) is 1. The second-order valence-corrected chi connectivity index (χ2v) is 5.33. The smallest absolute Gasteiger partial charge is 0.319 e. The van der Waals surface area contributed by atoms with Crippen LogP contribution in [0.1, 0.15) is 24.5 Å². The zero-order valence-electron chi connectivity index (χ0n) is 12.2. The molecule has 2 amide bonds. The van der Waals surface area contributed by atoms with E-state index in [1.807, 2.05) is 18.2 Å². The van der Waals surface area contributed by atoms with E-state index in [1.165, 1.54) is 0 Å². The highest BCUT2D eigenvalue weighted by Gasteiger charge is 2.24. The molecular formula is C17H19N3O2. The first-order valence-electron chi connectivity index (χ1n) is 7.45. The SMILES string of the molecule is O=C(Nc1ccncc1)N[C@H]1CCO[C@@H](c2ccccc2)C1. The summed E-state index contributed by atoms with van der Waals surface area (Å²) in [5.74, 6) is 0. The Hall–Kier alpha value is -2.40. The average molecular weight is 297 g/mol. The number of urea groups is 1. The molecule has 0 unspecified atom stereocenters. The predicted molar refractivity (Wildman–Crippen MR) is 84.5 cm³/mol. The first-order valence-corrected chi connectivity index (χ1v) is 7.45. The first-order chi connectivity index (χ1) is 10.8. The summed E-state index contributed by atoms with van der Waals surface area (Å²) in [6.07, 6.45) is 4.95. The molecule has 1 aromatic carbocycles. The fraction of sp³-hybridized carbons (Fsp3) is 0.294. The third kappa shape index (κ3) is 3.83. The van der Waals surface area contributed by atoms with E-state index >= 15 is 0 Å². The van der Waals surface area contributed by atoms with Gasteiger partial charge in [-0.3, -0.25) is 4.98 Å². The molecule has 1 aromatic heterocycles. The fourth-order valence-corrected chi connectivity index (χ4v) is 2.62. The van der Waals surface area contributed by atoms with Crippen molar-refractivity contribution in [2.75, 3.05) is 11.9 Å². The molecule has 0 saturated carbocycles. The third-order valence-corrected chi connectivity index (χ3v) is 3.73. The summed E-state index contributed by atoms with van der Waals surface area (Å²) in [5.41, 5.74) is 1.89. The van der Waals surface area contributed by atoms with Crippen molar-refractivity contribution in [2.24, 2.45) is 0 Å². The number of rotatable bonds is 3. The molecule has 2 N–H and O–H groups in total. The van der Waals surface area contributed by atoms with E-state index in [0.717, 1.165) is 24.1 Å². The molecule has 5 heteroatoms. The molecule has 0 bridgehead atoms. The maximum absolute atomic E-state index is 12.0. The number of anilines is 1. The van der Waals surface area contributed by atoms with Crippen LogP contribution in [0.3, 0.4) is 0 Å². The summed E-state index contributed by atoms with van der Waals surface area (Å²) >= 11 is 0. The Labute approximate surface area is 129 Å². The van der Waals surface area contributed by atoms with Crippen LogP contribution in [-0.2, 0) is 4.74 Å². The quantitative estimate of drug-likeness (QED) is 0.915. The zero-order chi connectivity index (χ0) is 15.2. The van der Waals surface area contributed by atoms with E-state index in [1.54, 1.807) is 24.5 Å². The summed E-state index contributed by atoms with van der Waals surface area (Å²) in [5, 5.41) is 5.83. The van der Waals surface area contributed by atoms with Gasteiger partial charge in [0.2, 0.25) is 0 Å². The van der Waals surface area contributed by atoms with E-state index in [2.05, 4.69) is 27.8 Å². The van der Waals surface area contributed by atoms with Crippen molar-refractivity contribution >= 4 is 11.7 Å². The summed E-state index contributed by atoms with van der Waals surface area (Å²) < 4.78 is 5.81. The van der Waals surface area contributed by atoms with Crippen LogP contribution in [0.2, 0.25) is 0 Å². The number of pyridine rings is 1. The van der Waals surface area contributed by atoms with E-state index in [4.69, 9.17) is 4.74 Å². The van der Waals surface area contributed by atoms with Crippen molar-refractivity contribution < 1.29 is 9.53 Å². The standard InChI is InChI=1S/C17H19N3O2/c21-17(19-14-6-9-18-10-7-14)20-15-8-11-22-16(12-15)13-4-2-1-3-5-13/h1-7,9-10,15-16H,8,11-12H2,(H2,18,19,20,21)/t15-,16+/m0/s1. The second kappa shape index (κ2) is 7.04. The van der Waals surface area contributed by atoms with Gasteiger partial charge in [-0.05, 0) is 30.5 Å². The highest BCUT2D eigenvalue weighted by atomic mass is 16.5. The van der Waals surface area contributed by atoms with Crippen LogP contribution in [0.25, 0.3) is 0 Å². The molecule has 1 aliphatic rings. The van der Waals surface area contributed by atoms with Crippen molar-refractivity contribution in [3.8, 4) is 0 Å². The molecule has 0 radical (unpaired) electrons. The van der Waals surface area contributed by atoms with Crippen LogP contribution in [0.4, 0.5) is 10.5 Å². The molecule has 0 spiro atoms. The van der Waals surface area contributed by atoms with Gasteiger partial charge in [-0.1, -0.05) is 30.3 Å². The van der Waals surface area contributed by atoms with Crippen LogP contribution in [0.15, 0.2) is 54.9 Å². The van der Waals surface area contributed by atoms with Crippen molar-refractivity contribution in [3.05, 3.63) is 60.4 Å². The largest absolute Gasteiger partial charge is 0.373 e. The van der Waals surface area contributed by atoms with Crippen molar-refractivity contribution in [1.29, 1.82) is 0 Å². The van der Waals surface area contributed by atoms with Gasteiger partial charge in [0.05, 0.1) is 6.10 Å². The lowest BCUT2D eigenvalue weighted by molar-refractivity contribution is 0.00254. The number of carbonyl (C=O) groups is 1. The van der Waals surface area contributed by atoms with Crippen molar-refractivity contribution in [3.63, 3.8) is 0 Å². The first kappa shape index (κ1) is 14.5. The number of hydrogen-bond acceptors (Lipinski definition) is 3. The summed E-state index contributed by atoms with van der Waals surface area (Å²) in [7, 11) is 0. The highest BCUT2D eigenvalue weighted by Crippen LogP contribution is 2.27. The maximum atomic E-state index is 12.0. The lowest BCUT2D eigenvalue weighted by Crippen LogP contribution is -2.42. The highest BCUT2D eigenvalue weighted by molar-refractivity contribution is 5.89. The third-order valence-electron chi connectivity index (χ3n) is 3.73. The Kier molecular flexibility index (Phi) is 4.65. The summed E-state index contributed by atoms with van der Waals surface area (Å²) in [4.78, 5) is 16.0. The Morgan fingerprint density at radius 3 is 2.68 bits per heavy atom. The van der Waals surface area contributed by atoms with Gasteiger partial charge in [0.25, 0.3) is 0 Å². The molecule has 5 nitrogen and oxygen atoms in total. The Bertz CT molecular complexity index is 604. The van der Waals surface area contributed by atoms with Crippen molar-refractivity contribution in [1.82, 2.24) is 10.3 Å². The molecule has 2 atom stereocenters. The number of carbonyl (C=O) groups excluding carboxylic acids is 1. The Morgan fingerprint density at radius 1 is 1.14 bits per heavy atom. The van der Waals surface area contributed by atoms with Gasteiger partial charge >= 0.3 is 6.03 Å². The van der Waals surface area contributed by atoms with Gasteiger partial charge in [-0.25, -0.2) is 4.79 Å². The zero-order valence-corrected chi connectivity index (χ0v) is 12.2. The normalized spacial score (nSPS) is 21.1. The molecule has 1 fully saturated rings. The van der Waals surface area contributed by atoms with Gasteiger partial charge in [0, 0.05) is 30.7 Å². The monoisotopic (exact) mass is 297 g/mol. The minimum absolute atomic E-state index is 0.0428. The molecule has 2 heterocycles. The van der Waals surface area contributed by atoms with Crippen LogP contribution in [0.5, 0.6) is 0 Å². The minimum atomic E-state index is -0.190. The number of ether oxygens (including phenoxy) is 1. The molecule has 1 saturated heterocycles. The van der Waals surface area contributed by atoms with E-state index < -0.39 is 0 Å². The Morgan fingerprint density at radius 2 is 1.91 bits per heavy atom. The number of aromatic nitrogens is 1. The van der Waals surface area contributed by atoms with Gasteiger partial charge in [-0.15, -0.1) is 0 Å². The topological polar surface area (TPSA) is 63.2 Å². The number of benzene rings is 1. The predicted octanol–water partition coefficient (Wildman–Crippen LogP) is 3.12. The molecule has 22 heavy (non-hydrogen) atoms. The van der Waals surface area contributed by atoms with Gasteiger partial charge in [-0.2, -0.15) is 0 Å². The van der Waals surface area contributed by atoms with E-state index in [0.29, 0.717) is 6.61 Å². The van der Waals surface area contributed by atoms with Gasteiger partial charge in [0.15, 0.2) is 0 Å². The van der Waals surface area contributed by atoms with Crippen LogP contribution in [0, 0.1) is 0 Å². The molecule has 2 aromatic rings. The van der Waals surface area contributed by atoms with E-state index in [-0.39, 0.29) is 18.2 Å². The molecular weight excluding hydrogens is 278 g/mol. The van der Waals surface area contributed by atoms with Crippen LogP contribution in [-0.4, -0.2) is 23.7 Å². The van der Waals surface area contributed by atoms with Gasteiger partial charge < -0.3 is 15.4 Å². The minimum Gasteiger partial charge on any atom is -0.373 e. The summed E-state index contributed by atoms with van der Waals surface area (Å²) in [6.45, 7) is 0.653. The van der Waals surface area contributed by atoms with Crippen LogP contribution < -0.4 is 10.6 Å². The average Bonchev–Trinajstić information content (AvgIpc) is 2.57. The molecule has 1 aliphatic heterocycles. The van der Waals surface area contributed by atoms with Crippen molar-refractivity contribution in [2.45, 2.75) is 25.0 Å². The number of nitrogens with one attached hydrogen (secondary N) is 2. The summed E-state index contributed by atoms with van der Waals surface area (Å²) in [6, 6.07) is 13.6. The Balaban J connectivity index is 1.55. The molecule has 114 valence electrons. The second-order valence-electron chi connectivity index (χ2n) is 5.33. The number of hydrogen-bond donors (Lipinski definition) is 2. The molecule has 0 aliphatic carbocycles. The van der Waals surface area contributed by atoms with Gasteiger partial charge in [0.1, 0.15) is 0 Å². The molecule has 3 rings (SSSR count). The fourth-order valence-electron chi connectivity index (χ4n) is 2.62. The van der Waals surface area contributed by atoms with E-state index in [9.17, 15) is 4.79 Å².